The molecule has 0 radical (unpaired) electrons. The standard InChI is InChI=1S/C16H16N3O2/c1-18-13-8-3-4-9-14(13)19(11-15(20)21-2)16(18)12-7-5-6-10-17-12/h3-10H,11H2,1-2H3/q+1. The van der Waals surface area contributed by atoms with Crippen LogP contribution >= 0.6 is 0 Å². The summed E-state index contributed by atoms with van der Waals surface area (Å²) in [5.41, 5.74) is 2.84. The van der Waals surface area contributed by atoms with Gasteiger partial charge in [0.1, 0.15) is 0 Å². The Balaban J connectivity index is 2.29. The number of fused-ring (bicyclic) bond motifs is 1. The van der Waals surface area contributed by atoms with Gasteiger partial charge in [0.05, 0.1) is 14.2 Å². The number of esters is 1. The number of methoxy groups -OCH3 is 1. The summed E-state index contributed by atoms with van der Waals surface area (Å²) in [6.45, 7) is 0.157. The molecule has 0 saturated carbocycles. The molecule has 3 aromatic rings. The number of benzene rings is 1. The zero-order valence-electron chi connectivity index (χ0n) is 12.0. The molecule has 1 aromatic carbocycles. The molecule has 0 fully saturated rings. The average molecular weight is 282 g/mol. The molecule has 0 saturated heterocycles. The van der Waals surface area contributed by atoms with Crippen LogP contribution in [0.1, 0.15) is 0 Å². The van der Waals surface area contributed by atoms with Gasteiger partial charge in [0.2, 0.25) is 0 Å². The van der Waals surface area contributed by atoms with Crippen LogP contribution in [-0.2, 0) is 23.1 Å². The van der Waals surface area contributed by atoms with E-state index in [0.29, 0.717) is 0 Å². The smallest absolute Gasteiger partial charge is 0.348 e. The van der Waals surface area contributed by atoms with Gasteiger partial charge < -0.3 is 4.74 Å². The minimum absolute atomic E-state index is 0.157. The van der Waals surface area contributed by atoms with Crippen LogP contribution in [0.2, 0.25) is 0 Å². The van der Waals surface area contributed by atoms with E-state index in [0.717, 1.165) is 22.6 Å². The molecule has 0 unspecified atom stereocenters. The summed E-state index contributed by atoms with van der Waals surface area (Å²) in [7, 11) is 3.37. The van der Waals surface area contributed by atoms with Gasteiger partial charge in [-0.15, -0.1) is 0 Å². The third-order valence-corrected chi connectivity index (χ3v) is 3.52. The van der Waals surface area contributed by atoms with E-state index in [4.69, 9.17) is 4.74 Å². The molecule has 0 spiro atoms. The first kappa shape index (κ1) is 13.3. The summed E-state index contributed by atoms with van der Waals surface area (Å²) in [6.07, 6.45) is 1.75. The fraction of sp³-hybridized carbons (Fsp3) is 0.188. The largest absolute Gasteiger partial charge is 0.466 e. The van der Waals surface area contributed by atoms with Crippen LogP contribution in [0.5, 0.6) is 0 Å². The highest BCUT2D eigenvalue weighted by Crippen LogP contribution is 2.21. The number of nitrogens with zero attached hydrogens (tertiary/aromatic N) is 3. The SMILES string of the molecule is COC(=O)Cn1c(-c2ccccn2)[n+](C)c2ccccc21. The number of para-hydroxylation sites is 2. The van der Waals surface area contributed by atoms with Crippen molar-refractivity contribution in [2.24, 2.45) is 7.05 Å². The van der Waals surface area contributed by atoms with Crippen molar-refractivity contribution in [3.8, 4) is 11.5 Å². The highest BCUT2D eigenvalue weighted by molar-refractivity contribution is 5.79. The predicted molar refractivity (Wildman–Crippen MR) is 78.4 cm³/mol. The molecular formula is C16H16N3O2+. The van der Waals surface area contributed by atoms with Gasteiger partial charge in [0.15, 0.2) is 23.3 Å². The Labute approximate surface area is 122 Å². The summed E-state index contributed by atoms with van der Waals surface area (Å²) in [4.78, 5) is 16.2. The second-order valence-corrected chi connectivity index (χ2v) is 4.75. The van der Waals surface area contributed by atoms with Gasteiger partial charge in [0.25, 0.3) is 0 Å². The first-order valence-electron chi connectivity index (χ1n) is 6.68. The van der Waals surface area contributed by atoms with Crippen LogP contribution in [0.25, 0.3) is 22.6 Å². The van der Waals surface area contributed by atoms with Gasteiger partial charge in [-0.3, -0.25) is 0 Å². The van der Waals surface area contributed by atoms with Crippen LogP contribution in [0.3, 0.4) is 0 Å². The van der Waals surface area contributed by atoms with Crippen molar-refractivity contribution in [2.45, 2.75) is 6.54 Å². The van der Waals surface area contributed by atoms with Gasteiger partial charge in [-0.2, -0.15) is 0 Å². The van der Waals surface area contributed by atoms with Crippen molar-refractivity contribution in [1.82, 2.24) is 9.55 Å². The molecule has 3 rings (SSSR count). The van der Waals surface area contributed by atoms with Gasteiger partial charge in [-0.25, -0.2) is 18.9 Å². The lowest BCUT2D eigenvalue weighted by atomic mass is 10.3. The molecule has 0 aliphatic rings. The van der Waals surface area contributed by atoms with Crippen LogP contribution < -0.4 is 4.57 Å². The molecule has 106 valence electrons. The van der Waals surface area contributed by atoms with E-state index < -0.39 is 0 Å². The molecule has 2 heterocycles. The number of hydrogen-bond donors (Lipinski definition) is 0. The van der Waals surface area contributed by atoms with E-state index in [1.54, 1.807) is 6.20 Å². The number of carbonyl (C=O) groups excluding carboxylic acids is 1. The van der Waals surface area contributed by atoms with Gasteiger partial charge in [-0.05, 0) is 24.3 Å². The number of aromatic nitrogens is 3. The second kappa shape index (κ2) is 5.36. The van der Waals surface area contributed by atoms with Gasteiger partial charge in [-0.1, -0.05) is 18.2 Å². The Hall–Kier alpha value is -2.69. The maximum atomic E-state index is 11.7. The molecule has 0 amide bonds. The Morgan fingerprint density at radius 2 is 2.00 bits per heavy atom. The van der Waals surface area contributed by atoms with Crippen molar-refractivity contribution < 1.29 is 14.1 Å². The molecule has 2 aromatic heterocycles. The third-order valence-electron chi connectivity index (χ3n) is 3.52. The van der Waals surface area contributed by atoms with Crippen molar-refractivity contribution in [1.29, 1.82) is 0 Å². The fourth-order valence-corrected chi connectivity index (χ4v) is 2.54. The number of carbonyl (C=O) groups is 1. The minimum atomic E-state index is -0.284. The Bertz CT molecular complexity index is 794. The summed E-state index contributed by atoms with van der Waals surface area (Å²) in [5, 5.41) is 0. The number of aryl methyl sites for hydroxylation is 1. The summed E-state index contributed by atoms with van der Waals surface area (Å²) in [6, 6.07) is 13.7. The lowest BCUT2D eigenvalue weighted by Gasteiger charge is -2.02. The monoisotopic (exact) mass is 282 g/mol. The quantitative estimate of drug-likeness (QED) is 0.542. The molecule has 0 atom stereocenters. The maximum absolute atomic E-state index is 11.7. The molecule has 5 heteroatoms. The first-order chi connectivity index (χ1) is 10.2. The number of pyridine rings is 1. The minimum Gasteiger partial charge on any atom is -0.466 e. The number of rotatable bonds is 3. The topological polar surface area (TPSA) is 48.0 Å². The lowest BCUT2D eigenvalue weighted by molar-refractivity contribution is -0.634. The van der Waals surface area contributed by atoms with E-state index in [-0.39, 0.29) is 12.5 Å². The molecular weight excluding hydrogens is 266 g/mol. The number of hydrogen-bond acceptors (Lipinski definition) is 3. The highest BCUT2D eigenvalue weighted by Gasteiger charge is 2.26. The average Bonchev–Trinajstić information content (AvgIpc) is 2.81. The Morgan fingerprint density at radius 1 is 1.24 bits per heavy atom. The van der Waals surface area contributed by atoms with Crippen LogP contribution in [0.4, 0.5) is 0 Å². The van der Waals surface area contributed by atoms with Gasteiger partial charge in [0, 0.05) is 6.20 Å². The van der Waals surface area contributed by atoms with E-state index in [2.05, 4.69) is 4.98 Å². The number of ether oxygens (including phenoxy) is 1. The van der Waals surface area contributed by atoms with Crippen molar-refractivity contribution in [2.75, 3.05) is 7.11 Å². The first-order valence-corrected chi connectivity index (χ1v) is 6.68. The molecule has 5 nitrogen and oxygen atoms in total. The van der Waals surface area contributed by atoms with E-state index >= 15 is 0 Å². The Kier molecular flexibility index (Phi) is 3.39. The number of imidazole rings is 1. The van der Waals surface area contributed by atoms with E-state index in [1.807, 2.05) is 58.6 Å². The molecule has 0 aliphatic carbocycles. The Morgan fingerprint density at radius 3 is 2.71 bits per heavy atom. The summed E-state index contributed by atoms with van der Waals surface area (Å²) < 4.78 is 8.79. The highest BCUT2D eigenvalue weighted by atomic mass is 16.5. The summed E-state index contributed by atoms with van der Waals surface area (Å²) in [5.74, 6) is 0.593. The fourth-order valence-electron chi connectivity index (χ4n) is 2.54. The molecule has 0 aliphatic heterocycles. The van der Waals surface area contributed by atoms with Crippen molar-refractivity contribution >= 4 is 17.0 Å². The molecule has 0 N–H and O–H groups in total. The van der Waals surface area contributed by atoms with Crippen LogP contribution in [0.15, 0.2) is 48.7 Å². The normalized spacial score (nSPS) is 10.8. The lowest BCUT2D eigenvalue weighted by Crippen LogP contribution is -2.31. The van der Waals surface area contributed by atoms with E-state index in [1.165, 1.54) is 7.11 Å². The van der Waals surface area contributed by atoms with E-state index in [9.17, 15) is 4.79 Å². The second-order valence-electron chi connectivity index (χ2n) is 4.75. The van der Waals surface area contributed by atoms with Gasteiger partial charge >= 0.3 is 11.8 Å². The maximum Gasteiger partial charge on any atom is 0.348 e. The zero-order valence-corrected chi connectivity index (χ0v) is 12.0. The van der Waals surface area contributed by atoms with Crippen LogP contribution in [-0.4, -0.2) is 22.6 Å². The summed E-state index contributed by atoms with van der Waals surface area (Å²) >= 11 is 0. The van der Waals surface area contributed by atoms with Crippen LogP contribution in [0, 0.1) is 0 Å². The predicted octanol–water partition coefficient (Wildman–Crippen LogP) is 1.70. The zero-order chi connectivity index (χ0) is 14.8. The third kappa shape index (κ3) is 2.27. The molecule has 21 heavy (non-hydrogen) atoms. The van der Waals surface area contributed by atoms with Crippen molar-refractivity contribution in [3.05, 3.63) is 48.7 Å². The van der Waals surface area contributed by atoms with Crippen molar-refractivity contribution in [3.63, 3.8) is 0 Å². The molecule has 0 bridgehead atoms.